The van der Waals surface area contributed by atoms with Crippen molar-refractivity contribution in [1.82, 2.24) is 4.90 Å². The van der Waals surface area contributed by atoms with Crippen molar-refractivity contribution in [3.8, 4) is 5.75 Å². The molecule has 92 valence electrons. The zero-order chi connectivity index (χ0) is 13.2. The van der Waals surface area contributed by atoms with Crippen molar-refractivity contribution in [2.24, 2.45) is 0 Å². The minimum Gasteiger partial charge on any atom is -0.508 e. The fourth-order valence-corrected chi connectivity index (χ4v) is 1.58. The first-order valence-electron chi connectivity index (χ1n) is 5.07. The van der Waals surface area contributed by atoms with Crippen LogP contribution < -0.4 is 0 Å². The lowest BCUT2D eigenvalue weighted by Crippen LogP contribution is -2.49. The van der Waals surface area contributed by atoms with E-state index in [4.69, 9.17) is 0 Å². The summed E-state index contributed by atoms with van der Waals surface area (Å²) in [5.74, 6) is -1.55. The quantitative estimate of drug-likeness (QED) is 0.827. The molecule has 0 saturated carbocycles. The Labute approximate surface area is 99.3 Å². The number of aromatic hydroxyl groups is 1. The number of hydrogen-bond donors (Lipinski definition) is 2. The number of nitrogens with zero attached hydrogens (tertiary/aromatic N) is 1. The smallest absolute Gasteiger partial charge is 0.334 e. The van der Waals surface area contributed by atoms with Gasteiger partial charge in [0.2, 0.25) is 5.91 Å². The third kappa shape index (κ3) is 2.22. The van der Waals surface area contributed by atoms with Crippen LogP contribution in [0.25, 0.3) is 0 Å². The second-order valence-electron chi connectivity index (χ2n) is 4.01. The van der Waals surface area contributed by atoms with Gasteiger partial charge in [-0.25, -0.2) is 4.79 Å². The summed E-state index contributed by atoms with van der Waals surface area (Å²) in [5, 5.41) is 18.7. The topological polar surface area (TPSA) is 77.8 Å². The zero-order valence-electron chi connectivity index (χ0n) is 9.97. The van der Waals surface area contributed by atoms with Crippen molar-refractivity contribution >= 4 is 11.9 Å². The summed E-state index contributed by atoms with van der Waals surface area (Å²) in [6, 6.07) is 5.89. The van der Waals surface area contributed by atoms with Gasteiger partial charge in [-0.05, 0) is 24.6 Å². The van der Waals surface area contributed by atoms with E-state index in [0.29, 0.717) is 5.56 Å². The summed E-state index contributed by atoms with van der Waals surface area (Å²) < 4.78 is 0. The molecule has 1 amide bonds. The molecule has 1 atom stereocenters. The summed E-state index contributed by atoms with van der Waals surface area (Å²) in [6.07, 6.45) is 0. The van der Waals surface area contributed by atoms with Gasteiger partial charge in [0.05, 0.1) is 0 Å². The van der Waals surface area contributed by atoms with E-state index in [1.165, 1.54) is 33.0 Å². The number of carboxylic acid groups (broad SMARTS) is 1. The van der Waals surface area contributed by atoms with Gasteiger partial charge >= 0.3 is 5.97 Å². The first-order valence-corrected chi connectivity index (χ1v) is 5.07. The maximum Gasteiger partial charge on any atom is 0.334 e. The standard InChI is InChI=1S/C12H15NO4/c1-8(14)13(3)12(2,11(16)17)9-5-4-6-10(15)7-9/h4-7,15H,1-3H3,(H,16,17). The lowest BCUT2D eigenvalue weighted by Gasteiger charge is -2.34. The second kappa shape index (κ2) is 4.45. The third-order valence-corrected chi connectivity index (χ3v) is 2.97. The fraction of sp³-hybridized carbons (Fsp3) is 0.333. The Morgan fingerprint density at radius 2 is 1.94 bits per heavy atom. The molecule has 2 N–H and O–H groups in total. The number of benzene rings is 1. The number of amides is 1. The Morgan fingerprint density at radius 1 is 1.35 bits per heavy atom. The molecule has 0 saturated heterocycles. The average Bonchev–Trinajstić information content (AvgIpc) is 2.26. The van der Waals surface area contributed by atoms with Crippen LogP contribution >= 0.6 is 0 Å². The molecule has 1 aromatic rings. The van der Waals surface area contributed by atoms with Crippen LogP contribution in [0.15, 0.2) is 24.3 Å². The molecule has 17 heavy (non-hydrogen) atoms. The van der Waals surface area contributed by atoms with Crippen molar-refractivity contribution < 1.29 is 19.8 Å². The van der Waals surface area contributed by atoms with Gasteiger partial charge in [0.15, 0.2) is 5.54 Å². The number of carbonyl (C=O) groups is 2. The summed E-state index contributed by atoms with van der Waals surface area (Å²) in [7, 11) is 1.42. The number of carboxylic acids is 1. The van der Waals surface area contributed by atoms with Crippen molar-refractivity contribution in [1.29, 1.82) is 0 Å². The maximum absolute atomic E-state index is 11.4. The highest BCUT2D eigenvalue weighted by atomic mass is 16.4. The molecule has 0 heterocycles. The average molecular weight is 237 g/mol. The van der Waals surface area contributed by atoms with Crippen LogP contribution in [-0.2, 0) is 15.1 Å². The van der Waals surface area contributed by atoms with Gasteiger partial charge < -0.3 is 15.1 Å². The SMILES string of the molecule is CC(=O)N(C)C(C)(C(=O)O)c1cccc(O)c1. The summed E-state index contributed by atoms with van der Waals surface area (Å²) in [6.45, 7) is 2.72. The van der Waals surface area contributed by atoms with Gasteiger partial charge in [-0.2, -0.15) is 0 Å². The predicted octanol–water partition coefficient (Wildman–Crippen LogP) is 1.17. The molecule has 0 aliphatic heterocycles. The highest BCUT2D eigenvalue weighted by Gasteiger charge is 2.41. The molecule has 0 spiro atoms. The first kappa shape index (κ1) is 13.0. The van der Waals surface area contributed by atoms with Crippen LogP contribution in [0.1, 0.15) is 19.4 Å². The van der Waals surface area contributed by atoms with E-state index < -0.39 is 11.5 Å². The van der Waals surface area contributed by atoms with E-state index in [-0.39, 0.29) is 11.7 Å². The normalized spacial score (nSPS) is 13.8. The molecular weight excluding hydrogens is 222 g/mol. The molecule has 1 unspecified atom stereocenters. The van der Waals surface area contributed by atoms with Crippen LogP contribution in [0.5, 0.6) is 5.75 Å². The molecular formula is C12H15NO4. The lowest BCUT2D eigenvalue weighted by atomic mass is 9.90. The molecule has 0 radical (unpaired) electrons. The zero-order valence-corrected chi connectivity index (χ0v) is 9.97. The number of carbonyl (C=O) groups excluding carboxylic acids is 1. The molecule has 0 aliphatic rings. The molecule has 0 aromatic heterocycles. The Balaban J connectivity index is 3.35. The van der Waals surface area contributed by atoms with Gasteiger partial charge in [0, 0.05) is 14.0 Å². The van der Waals surface area contributed by atoms with E-state index in [0.717, 1.165) is 4.90 Å². The molecule has 5 heteroatoms. The molecule has 1 rings (SSSR count). The van der Waals surface area contributed by atoms with Crippen molar-refractivity contribution in [3.05, 3.63) is 29.8 Å². The molecule has 0 bridgehead atoms. The summed E-state index contributed by atoms with van der Waals surface area (Å²) in [4.78, 5) is 23.9. The number of hydrogen-bond acceptors (Lipinski definition) is 3. The Hall–Kier alpha value is -2.04. The summed E-state index contributed by atoms with van der Waals surface area (Å²) >= 11 is 0. The highest BCUT2D eigenvalue weighted by molar-refractivity contribution is 5.86. The first-order chi connectivity index (χ1) is 7.80. The van der Waals surface area contributed by atoms with E-state index in [1.54, 1.807) is 12.1 Å². The maximum atomic E-state index is 11.4. The number of phenols is 1. The Morgan fingerprint density at radius 3 is 2.35 bits per heavy atom. The van der Waals surface area contributed by atoms with Gasteiger partial charge in [0.25, 0.3) is 0 Å². The van der Waals surface area contributed by atoms with Gasteiger partial charge in [-0.1, -0.05) is 12.1 Å². The minimum absolute atomic E-state index is 0.0353. The predicted molar refractivity (Wildman–Crippen MR) is 61.5 cm³/mol. The lowest BCUT2D eigenvalue weighted by molar-refractivity contribution is -0.156. The van der Waals surface area contributed by atoms with Crippen molar-refractivity contribution in [2.45, 2.75) is 19.4 Å². The van der Waals surface area contributed by atoms with E-state index in [1.807, 2.05) is 0 Å². The fourth-order valence-electron chi connectivity index (χ4n) is 1.58. The molecule has 0 aliphatic carbocycles. The molecule has 1 aromatic carbocycles. The van der Waals surface area contributed by atoms with Gasteiger partial charge in [0.1, 0.15) is 5.75 Å². The van der Waals surface area contributed by atoms with E-state index in [2.05, 4.69) is 0 Å². The summed E-state index contributed by atoms with van der Waals surface area (Å²) in [5.41, 5.74) is -1.15. The Kier molecular flexibility index (Phi) is 3.41. The number of phenolic OH excluding ortho intramolecular Hbond substituents is 1. The van der Waals surface area contributed by atoms with Crippen molar-refractivity contribution in [3.63, 3.8) is 0 Å². The molecule has 5 nitrogen and oxygen atoms in total. The van der Waals surface area contributed by atoms with E-state index in [9.17, 15) is 19.8 Å². The van der Waals surface area contributed by atoms with Crippen LogP contribution in [0.4, 0.5) is 0 Å². The Bertz CT molecular complexity index is 458. The number of aliphatic carboxylic acids is 1. The van der Waals surface area contributed by atoms with Crippen LogP contribution in [0.2, 0.25) is 0 Å². The third-order valence-electron chi connectivity index (χ3n) is 2.97. The van der Waals surface area contributed by atoms with Crippen LogP contribution in [-0.4, -0.2) is 34.0 Å². The number of likely N-dealkylation sites (N-methyl/N-ethyl adjacent to an activating group) is 1. The minimum atomic E-state index is -1.50. The number of rotatable bonds is 3. The highest BCUT2D eigenvalue weighted by Crippen LogP contribution is 2.29. The second-order valence-corrected chi connectivity index (χ2v) is 4.01. The van der Waals surface area contributed by atoms with Crippen LogP contribution in [0, 0.1) is 0 Å². The molecule has 0 fully saturated rings. The van der Waals surface area contributed by atoms with Gasteiger partial charge in [-0.15, -0.1) is 0 Å². The van der Waals surface area contributed by atoms with Gasteiger partial charge in [-0.3, -0.25) is 4.79 Å². The van der Waals surface area contributed by atoms with Crippen molar-refractivity contribution in [2.75, 3.05) is 7.05 Å². The van der Waals surface area contributed by atoms with Crippen LogP contribution in [0.3, 0.4) is 0 Å². The monoisotopic (exact) mass is 237 g/mol. The van der Waals surface area contributed by atoms with E-state index >= 15 is 0 Å². The largest absolute Gasteiger partial charge is 0.508 e.